The van der Waals surface area contributed by atoms with E-state index in [-0.39, 0.29) is 32.5 Å². The van der Waals surface area contributed by atoms with E-state index >= 15 is 0 Å². The van der Waals surface area contributed by atoms with Gasteiger partial charge in [-0.3, -0.25) is 9.59 Å². The third-order valence-electron chi connectivity index (χ3n) is 4.03. The van der Waals surface area contributed by atoms with Crippen molar-refractivity contribution in [2.75, 3.05) is 13.6 Å². The summed E-state index contributed by atoms with van der Waals surface area (Å²) in [6.45, 7) is 2.34. The fourth-order valence-corrected chi connectivity index (χ4v) is 2.65. The average Bonchev–Trinajstić information content (AvgIpc) is 2.52. The van der Waals surface area contributed by atoms with Gasteiger partial charge in [0.05, 0.1) is 6.54 Å². The van der Waals surface area contributed by atoms with Gasteiger partial charge in [0.2, 0.25) is 0 Å². The van der Waals surface area contributed by atoms with Crippen molar-refractivity contribution in [1.29, 1.82) is 0 Å². The maximum absolute atomic E-state index is 11.4. The number of likely N-dealkylation sites (N-methyl/N-ethyl adjacent to an activating group) is 1. The summed E-state index contributed by atoms with van der Waals surface area (Å²) in [6, 6.07) is 0. The van der Waals surface area contributed by atoms with E-state index in [1.807, 2.05) is 0 Å². The third-order valence-corrected chi connectivity index (χ3v) is 4.03. The predicted octanol–water partition coefficient (Wildman–Crippen LogP) is 4.60. The summed E-state index contributed by atoms with van der Waals surface area (Å²) in [5.41, 5.74) is 0. The quantitative estimate of drug-likeness (QED) is 0.191. The third kappa shape index (κ3) is 19.9. The molecule has 0 bridgehead atoms. The molecule has 0 aliphatic rings. The molecular formula is C19H39MgNO3. The molecule has 0 rings (SSSR count). The molecule has 1 N–H and O–H groups in total. The van der Waals surface area contributed by atoms with E-state index in [0.717, 1.165) is 12.8 Å². The SMILES string of the molecule is CCCCCCCCCCCCCCCC(=O)OC(=O)CNC.[H-].[H-].[Mg+2]. The number of nitrogens with one attached hydrogen (secondary N) is 1. The van der Waals surface area contributed by atoms with Crippen LogP contribution in [-0.4, -0.2) is 48.6 Å². The molecule has 0 atom stereocenters. The maximum Gasteiger partial charge on any atom is 2.00 e. The fourth-order valence-electron chi connectivity index (χ4n) is 2.65. The summed E-state index contributed by atoms with van der Waals surface area (Å²) in [5, 5.41) is 2.66. The minimum absolute atomic E-state index is 0. The van der Waals surface area contributed by atoms with Crippen LogP contribution in [0.25, 0.3) is 0 Å². The number of carbonyl (C=O) groups is 2. The molecule has 24 heavy (non-hydrogen) atoms. The molecule has 0 aromatic heterocycles. The van der Waals surface area contributed by atoms with Gasteiger partial charge in [0.1, 0.15) is 0 Å². The molecule has 0 aliphatic heterocycles. The Morgan fingerprint density at radius 2 is 1.17 bits per heavy atom. The van der Waals surface area contributed by atoms with Crippen LogP contribution in [0, 0.1) is 0 Å². The number of hydrogen-bond donors (Lipinski definition) is 1. The molecule has 0 amide bonds. The molecule has 0 aromatic rings. The largest absolute Gasteiger partial charge is 2.00 e. The van der Waals surface area contributed by atoms with Crippen molar-refractivity contribution >= 4 is 35.0 Å². The van der Waals surface area contributed by atoms with Crippen LogP contribution in [0.3, 0.4) is 0 Å². The molecular weight excluding hydrogens is 315 g/mol. The summed E-state index contributed by atoms with van der Waals surface area (Å²) in [5.74, 6) is -0.888. The second-order valence-corrected chi connectivity index (χ2v) is 6.37. The van der Waals surface area contributed by atoms with Crippen LogP contribution in [0.15, 0.2) is 0 Å². The van der Waals surface area contributed by atoms with E-state index in [1.54, 1.807) is 7.05 Å². The zero-order chi connectivity index (χ0) is 17.2. The molecule has 0 aliphatic carbocycles. The molecule has 5 heteroatoms. The number of carbonyl (C=O) groups excluding carboxylic acids is 2. The molecule has 0 saturated carbocycles. The van der Waals surface area contributed by atoms with Crippen LogP contribution in [0.5, 0.6) is 0 Å². The predicted molar refractivity (Wildman–Crippen MR) is 103 cm³/mol. The average molecular weight is 354 g/mol. The maximum atomic E-state index is 11.4. The van der Waals surface area contributed by atoms with Crippen LogP contribution in [-0.2, 0) is 14.3 Å². The van der Waals surface area contributed by atoms with E-state index in [0.29, 0.717) is 6.42 Å². The van der Waals surface area contributed by atoms with Crippen molar-refractivity contribution in [3.63, 3.8) is 0 Å². The minimum Gasteiger partial charge on any atom is -1.00 e. The van der Waals surface area contributed by atoms with Crippen molar-refractivity contribution in [2.24, 2.45) is 0 Å². The van der Waals surface area contributed by atoms with Gasteiger partial charge < -0.3 is 12.9 Å². The van der Waals surface area contributed by atoms with Crippen molar-refractivity contribution in [2.45, 2.75) is 96.8 Å². The number of rotatable bonds is 16. The monoisotopic (exact) mass is 353 g/mol. The van der Waals surface area contributed by atoms with Crippen molar-refractivity contribution in [1.82, 2.24) is 5.32 Å². The van der Waals surface area contributed by atoms with Gasteiger partial charge in [-0.1, -0.05) is 84.0 Å². The summed E-state index contributed by atoms with van der Waals surface area (Å²) in [4.78, 5) is 22.4. The van der Waals surface area contributed by atoms with Crippen LogP contribution in [0.1, 0.15) is 99.7 Å². The number of ether oxygens (including phenoxy) is 1. The Hall–Kier alpha value is -0.134. The zero-order valence-electron chi connectivity index (χ0n) is 18.0. The Morgan fingerprint density at radius 1 is 0.750 bits per heavy atom. The van der Waals surface area contributed by atoms with E-state index < -0.39 is 11.9 Å². The normalized spacial score (nSPS) is 10.2. The Balaban J connectivity index is -0.000000807. The van der Waals surface area contributed by atoms with Crippen LogP contribution >= 0.6 is 0 Å². The molecule has 0 fully saturated rings. The molecule has 140 valence electrons. The Kier molecular flexibility index (Phi) is 22.7. The molecule has 0 spiro atoms. The van der Waals surface area contributed by atoms with Crippen LogP contribution < -0.4 is 5.32 Å². The second kappa shape index (κ2) is 20.9. The summed E-state index contributed by atoms with van der Waals surface area (Å²) in [6.07, 6.45) is 17.0. The first kappa shape index (κ1) is 26.1. The second-order valence-electron chi connectivity index (χ2n) is 6.37. The fraction of sp³-hybridized carbons (Fsp3) is 0.895. The van der Waals surface area contributed by atoms with Crippen LogP contribution in [0.4, 0.5) is 0 Å². The number of unbranched alkanes of at least 4 members (excludes halogenated alkanes) is 12. The first-order valence-corrected chi connectivity index (χ1v) is 9.58. The van der Waals surface area contributed by atoms with Gasteiger partial charge >= 0.3 is 35.0 Å². The number of hydrogen-bond acceptors (Lipinski definition) is 4. The van der Waals surface area contributed by atoms with E-state index in [4.69, 9.17) is 0 Å². The van der Waals surface area contributed by atoms with Crippen LogP contribution in [0.2, 0.25) is 0 Å². The molecule has 0 saturated heterocycles. The van der Waals surface area contributed by atoms with E-state index in [1.165, 1.54) is 70.6 Å². The molecule has 0 heterocycles. The molecule has 4 nitrogen and oxygen atoms in total. The van der Waals surface area contributed by atoms with E-state index in [2.05, 4.69) is 17.0 Å². The zero-order valence-corrected chi connectivity index (χ0v) is 17.5. The smallest absolute Gasteiger partial charge is 1.00 e. The van der Waals surface area contributed by atoms with Gasteiger partial charge in [-0.2, -0.15) is 0 Å². The topological polar surface area (TPSA) is 55.4 Å². The van der Waals surface area contributed by atoms with Gasteiger partial charge in [-0.05, 0) is 13.5 Å². The summed E-state index contributed by atoms with van der Waals surface area (Å²) < 4.78 is 4.66. The Bertz CT molecular complexity index is 309. The van der Waals surface area contributed by atoms with Gasteiger partial charge in [-0.25, -0.2) is 0 Å². The van der Waals surface area contributed by atoms with Crippen molar-refractivity contribution in [3.8, 4) is 0 Å². The number of esters is 2. The van der Waals surface area contributed by atoms with Gasteiger partial charge in [0.25, 0.3) is 0 Å². The summed E-state index contributed by atoms with van der Waals surface area (Å²) in [7, 11) is 1.65. The standard InChI is InChI=1S/C19H37NO3.Mg.2H/c1-3-4-5-6-7-8-9-10-11-12-13-14-15-16-18(21)23-19(22)17-20-2;;;/h20H,3-17H2,1-2H3;;;/q;+2;2*-1. The molecule has 0 aromatic carbocycles. The van der Waals surface area contributed by atoms with Crippen molar-refractivity contribution in [3.05, 3.63) is 0 Å². The van der Waals surface area contributed by atoms with Crippen molar-refractivity contribution < 1.29 is 17.2 Å². The first-order chi connectivity index (χ1) is 11.2. The van der Waals surface area contributed by atoms with Gasteiger partial charge in [0, 0.05) is 6.42 Å². The Labute approximate surface area is 168 Å². The van der Waals surface area contributed by atoms with Gasteiger partial charge in [-0.15, -0.1) is 0 Å². The molecule has 0 radical (unpaired) electrons. The minimum atomic E-state index is -0.493. The Morgan fingerprint density at radius 3 is 1.58 bits per heavy atom. The van der Waals surface area contributed by atoms with Gasteiger partial charge in [0.15, 0.2) is 0 Å². The summed E-state index contributed by atoms with van der Waals surface area (Å²) >= 11 is 0. The first-order valence-electron chi connectivity index (χ1n) is 9.58. The molecule has 0 unspecified atom stereocenters. The van der Waals surface area contributed by atoms with E-state index in [9.17, 15) is 9.59 Å².